The molecule has 0 saturated heterocycles. The molecule has 1 atom stereocenters. The Morgan fingerprint density at radius 2 is 1.52 bits per heavy atom. The average Bonchev–Trinajstić information content (AvgIpc) is 2.46. The summed E-state index contributed by atoms with van der Waals surface area (Å²) in [6, 6.07) is 7.80. The summed E-state index contributed by atoms with van der Waals surface area (Å²) in [6.45, 7) is 12.4. The molecular formula is C19H33NO3. The van der Waals surface area contributed by atoms with Crippen LogP contribution in [-0.4, -0.2) is 49.5 Å². The molecule has 0 saturated carbocycles. The molecule has 0 aliphatic heterocycles. The van der Waals surface area contributed by atoms with E-state index < -0.39 is 6.10 Å². The fraction of sp³-hybridized carbons (Fsp3) is 0.684. The molecule has 4 nitrogen and oxygen atoms in total. The van der Waals surface area contributed by atoms with Crippen LogP contribution in [0.3, 0.4) is 0 Å². The lowest BCUT2D eigenvalue weighted by molar-refractivity contribution is 0.00643. The van der Waals surface area contributed by atoms with Crippen LogP contribution in [0.5, 0.6) is 5.75 Å². The summed E-state index contributed by atoms with van der Waals surface area (Å²) in [6.07, 6.45) is -0.453. The van der Waals surface area contributed by atoms with E-state index >= 15 is 0 Å². The van der Waals surface area contributed by atoms with E-state index in [1.54, 1.807) is 7.11 Å². The van der Waals surface area contributed by atoms with Gasteiger partial charge in [0.25, 0.3) is 0 Å². The second kappa shape index (κ2) is 10.6. The highest BCUT2D eigenvalue weighted by atomic mass is 16.5. The van der Waals surface area contributed by atoms with Crippen LogP contribution in [0.25, 0.3) is 0 Å². The fourth-order valence-corrected chi connectivity index (χ4v) is 2.64. The maximum absolute atomic E-state index is 10.2. The highest BCUT2D eigenvalue weighted by Gasteiger charge is 2.14. The SMILES string of the molecule is COc1ccc(COC[C@H](O)CN(CC(C)C)CC(C)C)cc1. The molecule has 1 N–H and O–H groups in total. The predicted molar refractivity (Wildman–Crippen MR) is 94.8 cm³/mol. The number of methoxy groups -OCH3 is 1. The third-order valence-electron chi connectivity index (χ3n) is 3.45. The monoisotopic (exact) mass is 323 g/mol. The van der Waals surface area contributed by atoms with Crippen molar-refractivity contribution in [1.29, 1.82) is 0 Å². The minimum Gasteiger partial charge on any atom is -0.497 e. The number of benzene rings is 1. The van der Waals surface area contributed by atoms with Crippen molar-refractivity contribution in [3.8, 4) is 5.75 Å². The van der Waals surface area contributed by atoms with Crippen LogP contribution in [0.15, 0.2) is 24.3 Å². The highest BCUT2D eigenvalue weighted by Crippen LogP contribution is 2.12. The third-order valence-corrected chi connectivity index (χ3v) is 3.45. The van der Waals surface area contributed by atoms with Crippen LogP contribution in [0.4, 0.5) is 0 Å². The quantitative estimate of drug-likeness (QED) is 0.679. The normalized spacial score (nSPS) is 13.1. The van der Waals surface area contributed by atoms with Crippen molar-refractivity contribution < 1.29 is 14.6 Å². The summed E-state index contributed by atoms with van der Waals surface area (Å²) < 4.78 is 10.8. The minimum absolute atomic E-state index is 0.360. The molecule has 132 valence electrons. The van der Waals surface area contributed by atoms with Crippen molar-refractivity contribution in [3.05, 3.63) is 29.8 Å². The van der Waals surface area contributed by atoms with Gasteiger partial charge in [0, 0.05) is 19.6 Å². The lowest BCUT2D eigenvalue weighted by atomic mass is 10.1. The standard InChI is InChI=1S/C19H33NO3/c1-15(2)10-20(11-16(3)4)12-18(21)14-23-13-17-6-8-19(22-5)9-7-17/h6-9,15-16,18,21H,10-14H2,1-5H3/t18-/m1/s1. The van der Waals surface area contributed by atoms with Crippen LogP contribution in [0.2, 0.25) is 0 Å². The summed E-state index contributed by atoms with van der Waals surface area (Å²) in [7, 11) is 1.65. The summed E-state index contributed by atoms with van der Waals surface area (Å²) in [5, 5.41) is 10.2. The van der Waals surface area contributed by atoms with E-state index in [1.165, 1.54) is 0 Å². The molecular weight excluding hydrogens is 290 g/mol. The Kier molecular flexibility index (Phi) is 9.22. The van der Waals surface area contributed by atoms with Crippen molar-refractivity contribution in [1.82, 2.24) is 4.90 Å². The second-order valence-corrected chi connectivity index (χ2v) is 7.02. The topological polar surface area (TPSA) is 41.9 Å². The van der Waals surface area contributed by atoms with E-state index in [4.69, 9.17) is 9.47 Å². The molecule has 0 heterocycles. The Bertz CT molecular complexity index is 407. The molecule has 1 aromatic carbocycles. The van der Waals surface area contributed by atoms with Gasteiger partial charge in [0.1, 0.15) is 5.75 Å². The number of nitrogens with zero attached hydrogens (tertiary/aromatic N) is 1. The predicted octanol–water partition coefficient (Wildman–Crippen LogP) is 3.19. The highest BCUT2D eigenvalue weighted by molar-refractivity contribution is 5.26. The van der Waals surface area contributed by atoms with Gasteiger partial charge in [0.15, 0.2) is 0 Å². The van der Waals surface area contributed by atoms with E-state index in [9.17, 15) is 5.11 Å². The number of ether oxygens (including phenoxy) is 2. The summed E-state index contributed by atoms with van der Waals surface area (Å²) >= 11 is 0. The number of aliphatic hydroxyl groups is 1. The van der Waals surface area contributed by atoms with E-state index in [2.05, 4.69) is 32.6 Å². The molecule has 1 aromatic rings. The van der Waals surface area contributed by atoms with Crippen LogP contribution < -0.4 is 4.74 Å². The zero-order valence-electron chi connectivity index (χ0n) is 15.3. The van der Waals surface area contributed by atoms with Gasteiger partial charge >= 0.3 is 0 Å². The number of aliphatic hydroxyl groups excluding tert-OH is 1. The Morgan fingerprint density at radius 3 is 2.00 bits per heavy atom. The first-order valence-electron chi connectivity index (χ1n) is 8.51. The second-order valence-electron chi connectivity index (χ2n) is 7.02. The molecule has 0 radical (unpaired) electrons. The van der Waals surface area contributed by atoms with Gasteiger partial charge in [-0.1, -0.05) is 39.8 Å². The number of hydrogen-bond acceptors (Lipinski definition) is 4. The molecule has 1 rings (SSSR count). The van der Waals surface area contributed by atoms with Gasteiger partial charge in [-0.25, -0.2) is 0 Å². The van der Waals surface area contributed by atoms with Crippen molar-refractivity contribution >= 4 is 0 Å². The molecule has 23 heavy (non-hydrogen) atoms. The summed E-state index contributed by atoms with van der Waals surface area (Å²) in [5.74, 6) is 2.04. The summed E-state index contributed by atoms with van der Waals surface area (Å²) in [4.78, 5) is 2.33. The molecule has 0 amide bonds. The lowest BCUT2D eigenvalue weighted by Crippen LogP contribution is -2.39. The lowest BCUT2D eigenvalue weighted by Gasteiger charge is -2.28. The fourth-order valence-electron chi connectivity index (χ4n) is 2.64. The molecule has 0 aliphatic carbocycles. The van der Waals surface area contributed by atoms with Gasteiger partial charge < -0.3 is 19.5 Å². The minimum atomic E-state index is -0.453. The van der Waals surface area contributed by atoms with Crippen molar-refractivity contribution in [2.24, 2.45) is 11.8 Å². The van der Waals surface area contributed by atoms with E-state index in [0.29, 0.717) is 31.6 Å². The summed E-state index contributed by atoms with van der Waals surface area (Å²) in [5.41, 5.74) is 1.08. The molecule has 0 aliphatic rings. The van der Waals surface area contributed by atoms with E-state index in [1.807, 2.05) is 24.3 Å². The van der Waals surface area contributed by atoms with Crippen LogP contribution >= 0.6 is 0 Å². The smallest absolute Gasteiger partial charge is 0.118 e. The van der Waals surface area contributed by atoms with Gasteiger partial charge in [0.05, 0.1) is 26.4 Å². The van der Waals surface area contributed by atoms with Gasteiger partial charge in [-0.2, -0.15) is 0 Å². The van der Waals surface area contributed by atoms with Gasteiger partial charge in [-0.05, 0) is 29.5 Å². The first-order valence-corrected chi connectivity index (χ1v) is 8.51. The van der Waals surface area contributed by atoms with Crippen LogP contribution in [0, 0.1) is 11.8 Å². The Morgan fingerprint density at radius 1 is 0.957 bits per heavy atom. The van der Waals surface area contributed by atoms with Gasteiger partial charge in [-0.15, -0.1) is 0 Å². The Hall–Kier alpha value is -1.10. The zero-order chi connectivity index (χ0) is 17.2. The van der Waals surface area contributed by atoms with Crippen molar-refractivity contribution in [2.45, 2.75) is 40.4 Å². The van der Waals surface area contributed by atoms with E-state index in [0.717, 1.165) is 24.4 Å². The van der Waals surface area contributed by atoms with Crippen molar-refractivity contribution in [2.75, 3.05) is 33.4 Å². The van der Waals surface area contributed by atoms with Crippen LogP contribution in [0.1, 0.15) is 33.3 Å². The van der Waals surface area contributed by atoms with Gasteiger partial charge in [0.2, 0.25) is 0 Å². The zero-order valence-corrected chi connectivity index (χ0v) is 15.3. The largest absolute Gasteiger partial charge is 0.497 e. The third kappa shape index (κ3) is 8.94. The molecule has 4 heteroatoms. The molecule has 0 fully saturated rings. The molecule has 0 unspecified atom stereocenters. The number of rotatable bonds is 11. The average molecular weight is 323 g/mol. The molecule has 0 bridgehead atoms. The van der Waals surface area contributed by atoms with Gasteiger partial charge in [-0.3, -0.25) is 0 Å². The molecule has 0 aromatic heterocycles. The van der Waals surface area contributed by atoms with E-state index in [-0.39, 0.29) is 0 Å². The first kappa shape index (κ1) is 19.9. The van der Waals surface area contributed by atoms with Crippen LogP contribution in [-0.2, 0) is 11.3 Å². The molecule has 0 spiro atoms. The first-order chi connectivity index (χ1) is 10.9. The maximum Gasteiger partial charge on any atom is 0.118 e. The number of hydrogen-bond donors (Lipinski definition) is 1. The Balaban J connectivity index is 2.34. The van der Waals surface area contributed by atoms with Crippen molar-refractivity contribution in [3.63, 3.8) is 0 Å². The maximum atomic E-state index is 10.2. The Labute approximate surface area is 141 Å².